The summed E-state index contributed by atoms with van der Waals surface area (Å²) < 4.78 is 0. The van der Waals surface area contributed by atoms with Crippen LogP contribution in [0.3, 0.4) is 0 Å². The molecule has 4 amide bonds. The van der Waals surface area contributed by atoms with Crippen LogP contribution in [0, 0.1) is 24.7 Å². The number of anilines is 1. The molecule has 1 atom stereocenters. The molecule has 0 saturated carbocycles. The second-order valence-corrected chi connectivity index (χ2v) is 9.71. The Kier molecular flexibility index (Phi) is 7.75. The van der Waals surface area contributed by atoms with Crippen LogP contribution in [0.1, 0.15) is 49.5 Å². The normalized spacial score (nSPS) is 19.0. The number of amides is 4. The molecule has 9 nitrogen and oxygen atoms in total. The molecule has 0 radical (unpaired) electrons. The van der Waals surface area contributed by atoms with Crippen LogP contribution in [0.5, 0.6) is 0 Å². The van der Waals surface area contributed by atoms with Crippen molar-refractivity contribution in [2.24, 2.45) is 16.6 Å². The highest BCUT2D eigenvalue weighted by Gasteiger charge is 2.35. The molecular formula is C26H31N5O4. The summed E-state index contributed by atoms with van der Waals surface area (Å²) in [7, 11) is 0. The Bertz CT molecular complexity index is 1150. The number of benzene rings is 1. The van der Waals surface area contributed by atoms with Crippen LogP contribution in [0.2, 0.25) is 0 Å². The van der Waals surface area contributed by atoms with Gasteiger partial charge in [0.25, 0.3) is 5.91 Å². The van der Waals surface area contributed by atoms with Crippen LogP contribution in [0.15, 0.2) is 35.0 Å². The monoisotopic (exact) mass is 477 g/mol. The van der Waals surface area contributed by atoms with Gasteiger partial charge in [-0.3, -0.25) is 34.4 Å². The molecule has 2 aliphatic rings. The van der Waals surface area contributed by atoms with E-state index in [9.17, 15) is 19.2 Å². The van der Waals surface area contributed by atoms with Gasteiger partial charge in [0, 0.05) is 43.2 Å². The molecule has 1 aromatic rings. The van der Waals surface area contributed by atoms with Gasteiger partial charge < -0.3 is 10.6 Å². The molecule has 0 bridgehead atoms. The summed E-state index contributed by atoms with van der Waals surface area (Å²) in [5, 5.41) is 2.19. The third-order valence-corrected chi connectivity index (χ3v) is 5.78. The fraction of sp³-hybridized carbons (Fsp3) is 0.423. The fourth-order valence-corrected chi connectivity index (χ4v) is 3.73. The van der Waals surface area contributed by atoms with Crippen molar-refractivity contribution >= 4 is 36.0 Å². The van der Waals surface area contributed by atoms with Crippen molar-refractivity contribution in [2.75, 3.05) is 18.0 Å². The number of hydrogen-bond acceptors (Lipinski definition) is 7. The minimum Gasteiger partial charge on any atom is -0.404 e. The minimum absolute atomic E-state index is 0.0758. The van der Waals surface area contributed by atoms with Crippen LogP contribution in [-0.4, -0.2) is 59.9 Å². The standard InChI is InChI=1S/C26H31N5O4/c1-17-5-8-20(30-14-19(15-30)7-6-18(12-27)13-28-26(2,3)4)11-21(17)25(35)31(16-32)22-9-10-23(33)29-24(22)34/h5,8,11-13,16,19,22H,9-10,14-15,27H2,1-4H3,(H,29,33,34). The van der Waals surface area contributed by atoms with E-state index in [0.717, 1.165) is 10.6 Å². The van der Waals surface area contributed by atoms with Gasteiger partial charge in [-0.25, -0.2) is 0 Å². The van der Waals surface area contributed by atoms with Gasteiger partial charge >= 0.3 is 0 Å². The summed E-state index contributed by atoms with van der Waals surface area (Å²) in [5.41, 5.74) is 7.96. The molecule has 0 aromatic heterocycles. The Morgan fingerprint density at radius 1 is 1.29 bits per heavy atom. The number of aryl methyl sites for hydroxylation is 1. The van der Waals surface area contributed by atoms with Crippen LogP contribution < -0.4 is 16.0 Å². The van der Waals surface area contributed by atoms with Crippen LogP contribution in [0.4, 0.5) is 5.69 Å². The second-order valence-electron chi connectivity index (χ2n) is 9.71. The van der Waals surface area contributed by atoms with Crippen molar-refractivity contribution in [3.63, 3.8) is 0 Å². The number of aliphatic imine (C=N–C) groups is 1. The van der Waals surface area contributed by atoms with Gasteiger partial charge in [-0.1, -0.05) is 17.9 Å². The topological polar surface area (TPSA) is 125 Å². The number of carbonyl (C=O) groups excluding carboxylic acids is 4. The second kappa shape index (κ2) is 10.6. The molecule has 1 aromatic carbocycles. The van der Waals surface area contributed by atoms with E-state index >= 15 is 0 Å². The fourth-order valence-electron chi connectivity index (χ4n) is 3.73. The van der Waals surface area contributed by atoms with E-state index in [-0.39, 0.29) is 24.3 Å². The number of rotatable bonds is 5. The number of allylic oxidation sites excluding steroid dienone is 1. The predicted octanol–water partition coefficient (Wildman–Crippen LogP) is 1.55. The highest BCUT2D eigenvalue weighted by molar-refractivity contribution is 6.07. The van der Waals surface area contributed by atoms with E-state index in [1.54, 1.807) is 19.2 Å². The first-order valence-corrected chi connectivity index (χ1v) is 11.5. The zero-order chi connectivity index (χ0) is 25.8. The highest BCUT2D eigenvalue weighted by atomic mass is 16.2. The molecule has 3 rings (SSSR count). The van der Waals surface area contributed by atoms with Crippen molar-refractivity contribution in [3.05, 3.63) is 41.1 Å². The Labute approximate surface area is 205 Å². The lowest BCUT2D eigenvalue weighted by atomic mass is 9.97. The predicted molar refractivity (Wildman–Crippen MR) is 134 cm³/mol. The van der Waals surface area contributed by atoms with Gasteiger partial charge in [-0.2, -0.15) is 0 Å². The number of nitrogens with zero attached hydrogens (tertiary/aromatic N) is 3. The summed E-state index contributed by atoms with van der Waals surface area (Å²) in [5.74, 6) is 4.80. The molecule has 35 heavy (non-hydrogen) atoms. The maximum atomic E-state index is 13.2. The molecule has 2 aliphatic heterocycles. The molecule has 2 heterocycles. The number of piperidine rings is 1. The van der Waals surface area contributed by atoms with Crippen LogP contribution in [0.25, 0.3) is 0 Å². The Morgan fingerprint density at radius 3 is 2.60 bits per heavy atom. The average Bonchev–Trinajstić information content (AvgIpc) is 2.76. The summed E-state index contributed by atoms with van der Waals surface area (Å²) in [4.78, 5) is 55.9. The number of hydrogen-bond donors (Lipinski definition) is 2. The minimum atomic E-state index is -1.00. The van der Waals surface area contributed by atoms with E-state index in [0.29, 0.717) is 36.2 Å². The SMILES string of the molecule is Cc1ccc(N2CC(C#CC(C=NC(C)(C)C)=CN)C2)cc1C(=O)N(C=O)C1CCC(=O)NC1=O. The summed E-state index contributed by atoms with van der Waals surface area (Å²) in [6, 6.07) is 4.45. The van der Waals surface area contributed by atoms with E-state index in [1.807, 2.05) is 32.9 Å². The molecule has 184 valence electrons. The number of nitrogens with one attached hydrogen (secondary N) is 1. The summed E-state index contributed by atoms with van der Waals surface area (Å²) in [6.45, 7) is 9.12. The summed E-state index contributed by atoms with van der Waals surface area (Å²) in [6.07, 6.45) is 3.67. The molecule has 9 heteroatoms. The molecular weight excluding hydrogens is 446 g/mol. The smallest absolute Gasteiger partial charge is 0.261 e. The summed E-state index contributed by atoms with van der Waals surface area (Å²) >= 11 is 0. The van der Waals surface area contributed by atoms with Gasteiger partial charge in [0.15, 0.2) is 0 Å². The van der Waals surface area contributed by atoms with Crippen molar-refractivity contribution in [1.82, 2.24) is 10.2 Å². The Hall–Kier alpha value is -3.93. The number of imide groups is 2. The van der Waals surface area contributed by atoms with E-state index in [4.69, 9.17) is 5.73 Å². The number of carbonyl (C=O) groups is 4. The lowest BCUT2D eigenvalue weighted by Crippen LogP contribution is -2.54. The molecule has 2 fully saturated rings. The largest absolute Gasteiger partial charge is 0.404 e. The lowest BCUT2D eigenvalue weighted by Gasteiger charge is -2.38. The van der Waals surface area contributed by atoms with Crippen LogP contribution >= 0.6 is 0 Å². The Balaban J connectivity index is 1.69. The van der Waals surface area contributed by atoms with Gasteiger partial charge in [0.05, 0.1) is 17.0 Å². The average molecular weight is 478 g/mol. The Morgan fingerprint density at radius 2 is 2.00 bits per heavy atom. The third kappa shape index (κ3) is 6.35. The highest BCUT2D eigenvalue weighted by Crippen LogP contribution is 2.27. The van der Waals surface area contributed by atoms with Crippen molar-refractivity contribution in [2.45, 2.75) is 52.1 Å². The maximum Gasteiger partial charge on any atom is 0.261 e. The molecule has 2 saturated heterocycles. The van der Waals surface area contributed by atoms with Crippen molar-refractivity contribution in [1.29, 1.82) is 0 Å². The zero-order valence-electron chi connectivity index (χ0n) is 20.5. The van der Waals surface area contributed by atoms with Crippen LogP contribution in [-0.2, 0) is 14.4 Å². The van der Waals surface area contributed by atoms with Crippen molar-refractivity contribution in [3.8, 4) is 11.8 Å². The van der Waals surface area contributed by atoms with Gasteiger partial charge in [0.1, 0.15) is 6.04 Å². The van der Waals surface area contributed by atoms with Gasteiger partial charge in [0.2, 0.25) is 18.2 Å². The van der Waals surface area contributed by atoms with E-state index < -0.39 is 23.8 Å². The maximum absolute atomic E-state index is 13.2. The van der Waals surface area contributed by atoms with Gasteiger partial charge in [-0.05, 0) is 51.8 Å². The third-order valence-electron chi connectivity index (χ3n) is 5.78. The van der Waals surface area contributed by atoms with E-state index in [1.165, 1.54) is 6.20 Å². The quantitative estimate of drug-likeness (QED) is 0.287. The molecule has 0 aliphatic carbocycles. The molecule has 3 N–H and O–H groups in total. The first-order valence-electron chi connectivity index (χ1n) is 11.5. The van der Waals surface area contributed by atoms with E-state index in [2.05, 4.69) is 27.0 Å². The lowest BCUT2D eigenvalue weighted by molar-refractivity contribution is -0.139. The van der Waals surface area contributed by atoms with Crippen molar-refractivity contribution < 1.29 is 19.2 Å². The number of nitrogens with two attached hydrogens (primary N) is 1. The molecule has 1 unspecified atom stereocenters. The first-order chi connectivity index (χ1) is 16.5. The first kappa shape index (κ1) is 25.7. The molecule has 0 spiro atoms. The zero-order valence-corrected chi connectivity index (χ0v) is 20.5. The van der Waals surface area contributed by atoms with Gasteiger partial charge in [-0.15, -0.1) is 0 Å².